The summed E-state index contributed by atoms with van der Waals surface area (Å²) in [5.74, 6) is -0.396. The topological polar surface area (TPSA) is 106 Å². The first-order chi connectivity index (χ1) is 16.8. The molecule has 0 aliphatic rings. The summed E-state index contributed by atoms with van der Waals surface area (Å²) in [5.41, 5.74) is 1.51. The van der Waals surface area contributed by atoms with E-state index in [9.17, 15) is 14.0 Å². The zero-order chi connectivity index (χ0) is 25.4. The molecular weight excluding hydrogens is 477 g/mol. The Kier molecular flexibility index (Phi) is 8.93. The Morgan fingerprint density at radius 3 is 2.74 bits per heavy atom. The molecule has 0 bridgehead atoms. The summed E-state index contributed by atoms with van der Waals surface area (Å²) in [6, 6.07) is 7.58. The number of halogens is 2. The SMILES string of the molecule is CCOC(=O)CN(C)CC=CC(=O)Nc1cc2c(Nc3ccc(F)c(Cl)c3)ncnc2cc1OC. The molecule has 35 heavy (non-hydrogen) atoms. The van der Waals surface area contributed by atoms with Crippen LogP contribution < -0.4 is 15.4 Å². The maximum Gasteiger partial charge on any atom is 0.320 e. The number of esters is 1. The molecule has 2 aromatic carbocycles. The number of carbonyl (C=O) groups excluding carboxylic acids is 2. The average Bonchev–Trinajstić information content (AvgIpc) is 2.81. The van der Waals surface area contributed by atoms with E-state index in [1.807, 2.05) is 0 Å². The molecule has 0 radical (unpaired) electrons. The van der Waals surface area contributed by atoms with Crippen LogP contribution in [0.15, 0.2) is 48.8 Å². The number of fused-ring (bicyclic) bond motifs is 1. The summed E-state index contributed by atoms with van der Waals surface area (Å²) in [6.07, 6.45) is 4.38. The molecule has 11 heteroatoms. The van der Waals surface area contributed by atoms with Crippen molar-refractivity contribution in [3.63, 3.8) is 0 Å². The van der Waals surface area contributed by atoms with Crippen LogP contribution in [0.3, 0.4) is 0 Å². The maximum absolute atomic E-state index is 13.5. The van der Waals surface area contributed by atoms with Crippen LogP contribution in [0.1, 0.15) is 6.92 Å². The lowest BCUT2D eigenvalue weighted by Gasteiger charge is -2.14. The Labute approximate surface area is 206 Å². The Balaban J connectivity index is 1.77. The van der Waals surface area contributed by atoms with Crippen LogP contribution in [0, 0.1) is 5.82 Å². The molecule has 9 nitrogen and oxygen atoms in total. The van der Waals surface area contributed by atoms with E-state index in [0.717, 1.165) is 0 Å². The third-order valence-electron chi connectivity index (χ3n) is 4.79. The van der Waals surface area contributed by atoms with Gasteiger partial charge < -0.3 is 20.1 Å². The quantitative estimate of drug-likeness (QED) is 0.315. The van der Waals surface area contributed by atoms with E-state index >= 15 is 0 Å². The molecule has 0 spiro atoms. The molecule has 0 atom stereocenters. The van der Waals surface area contributed by atoms with Crippen molar-refractivity contribution in [2.75, 3.05) is 44.5 Å². The van der Waals surface area contributed by atoms with Gasteiger partial charge in [-0.1, -0.05) is 17.7 Å². The van der Waals surface area contributed by atoms with Crippen LogP contribution in [0.5, 0.6) is 5.75 Å². The molecule has 1 heterocycles. The van der Waals surface area contributed by atoms with E-state index in [2.05, 4.69) is 20.6 Å². The number of amides is 1. The number of hydrogen-bond acceptors (Lipinski definition) is 8. The normalized spacial score (nSPS) is 11.1. The molecule has 0 saturated carbocycles. The minimum Gasteiger partial charge on any atom is -0.494 e. The van der Waals surface area contributed by atoms with E-state index < -0.39 is 5.82 Å². The lowest BCUT2D eigenvalue weighted by Crippen LogP contribution is -2.27. The van der Waals surface area contributed by atoms with Gasteiger partial charge in [-0.05, 0) is 38.2 Å². The van der Waals surface area contributed by atoms with Gasteiger partial charge in [0, 0.05) is 29.8 Å². The molecule has 0 fully saturated rings. The fourth-order valence-electron chi connectivity index (χ4n) is 3.17. The van der Waals surface area contributed by atoms with E-state index in [0.29, 0.717) is 47.0 Å². The minimum atomic E-state index is -0.528. The number of rotatable bonds is 10. The highest BCUT2D eigenvalue weighted by Crippen LogP contribution is 2.33. The molecule has 0 saturated heterocycles. The molecule has 3 rings (SSSR count). The Morgan fingerprint density at radius 2 is 2.03 bits per heavy atom. The summed E-state index contributed by atoms with van der Waals surface area (Å²) in [4.78, 5) is 34.3. The number of ether oxygens (including phenoxy) is 2. The fourth-order valence-corrected chi connectivity index (χ4v) is 3.35. The highest BCUT2D eigenvalue weighted by atomic mass is 35.5. The number of likely N-dealkylation sites (N-methyl/N-ethyl adjacent to an activating group) is 1. The van der Waals surface area contributed by atoms with Gasteiger partial charge in [0.05, 0.1) is 36.5 Å². The second kappa shape index (κ2) is 12.1. The number of benzene rings is 2. The molecule has 3 aromatic rings. The van der Waals surface area contributed by atoms with E-state index in [4.69, 9.17) is 21.1 Å². The van der Waals surface area contributed by atoms with Gasteiger partial charge in [0.1, 0.15) is 23.7 Å². The third kappa shape index (κ3) is 7.11. The smallest absolute Gasteiger partial charge is 0.320 e. The number of nitrogens with zero attached hydrogens (tertiary/aromatic N) is 3. The molecular formula is C24H25ClFN5O4. The second-order valence-electron chi connectivity index (χ2n) is 7.44. The molecule has 1 amide bonds. The first-order valence-corrected chi connectivity index (χ1v) is 11.0. The Hall–Kier alpha value is -3.76. The summed E-state index contributed by atoms with van der Waals surface area (Å²) >= 11 is 5.88. The van der Waals surface area contributed by atoms with Gasteiger partial charge in [-0.15, -0.1) is 0 Å². The fraction of sp³-hybridized carbons (Fsp3) is 0.250. The Bertz CT molecular complexity index is 1250. The predicted octanol–water partition coefficient (Wildman–Crippen LogP) is 4.16. The minimum absolute atomic E-state index is 0.0253. The lowest BCUT2D eigenvalue weighted by atomic mass is 10.1. The summed E-state index contributed by atoms with van der Waals surface area (Å²) in [7, 11) is 3.23. The first-order valence-electron chi connectivity index (χ1n) is 10.7. The monoisotopic (exact) mass is 501 g/mol. The van der Waals surface area contributed by atoms with Crippen LogP contribution in [-0.4, -0.2) is 60.6 Å². The number of aromatic nitrogens is 2. The van der Waals surface area contributed by atoms with Crippen LogP contribution >= 0.6 is 11.6 Å². The first kappa shape index (κ1) is 25.9. The summed E-state index contributed by atoms with van der Waals surface area (Å²) < 4.78 is 23.8. The average molecular weight is 502 g/mol. The van der Waals surface area contributed by atoms with Crippen molar-refractivity contribution >= 4 is 51.6 Å². The van der Waals surface area contributed by atoms with Gasteiger partial charge >= 0.3 is 5.97 Å². The number of methoxy groups -OCH3 is 1. The van der Waals surface area contributed by atoms with Crippen molar-refractivity contribution < 1.29 is 23.5 Å². The maximum atomic E-state index is 13.5. The van der Waals surface area contributed by atoms with Gasteiger partial charge in [-0.3, -0.25) is 14.5 Å². The highest BCUT2D eigenvalue weighted by Gasteiger charge is 2.13. The second-order valence-corrected chi connectivity index (χ2v) is 7.85. The molecule has 1 aromatic heterocycles. The van der Waals surface area contributed by atoms with Crippen molar-refractivity contribution in [2.24, 2.45) is 0 Å². The van der Waals surface area contributed by atoms with Gasteiger partial charge in [0.15, 0.2) is 0 Å². The van der Waals surface area contributed by atoms with Crippen molar-refractivity contribution in [3.05, 3.63) is 59.7 Å². The lowest BCUT2D eigenvalue weighted by molar-refractivity contribution is -0.143. The molecule has 0 aliphatic carbocycles. The molecule has 2 N–H and O–H groups in total. The van der Waals surface area contributed by atoms with Crippen molar-refractivity contribution in [1.82, 2.24) is 14.9 Å². The third-order valence-corrected chi connectivity index (χ3v) is 5.08. The van der Waals surface area contributed by atoms with Crippen LogP contribution in [0.2, 0.25) is 5.02 Å². The number of carbonyl (C=O) groups is 2. The summed E-state index contributed by atoms with van der Waals surface area (Å²) in [5, 5.41) is 6.45. The zero-order valence-electron chi connectivity index (χ0n) is 19.5. The van der Waals surface area contributed by atoms with Gasteiger partial charge in [0.25, 0.3) is 0 Å². The largest absolute Gasteiger partial charge is 0.494 e. The molecule has 0 aliphatic heterocycles. The zero-order valence-corrected chi connectivity index (χ0v) is 20.2. The number of hydrogen-bond donors (Lipinski definition) is 2. The van der Waals surface area contributed by atoms with Gasteiger partial charge in [0.2, 0.25) is 5.91 Å². The van der Waals surface area contributed by atoms with Gasteiger partial charge in [-0.25, -0.2) is 14.4 Å². The van der Waals surface area contributed by atoms with E-state index in [1.165, 1.54) is 37.7 Å². The molecule has 184 valence electrons. The van der Waals surface area contributed by atoms with E-state index in [-0.39, 0.29) is 23.4 Å². The number of anilines is 3. The van der Waals surface area contributed by atoms with Crippen LogP contribution in [-0.2, 0) is 14.3 Å². The standard InChI is InChI=1S/C24H25ClFN5O4/c1-4-35-23(33)13-31(2)9-5-6-22(32)30-20-11-16-19(12-21(20)34-3)27-14-28-24(16)29-15-7-8-18(26)17(25)10-15/h5-8,10-12,14H,4,9,13H2,1-3H3,(H,30,32)(H,27,28,29). The highest BCUT2D eigenvalue weighted by molar-refractivity contribution is 6.31. The van der Waals surface area contributed by atoms with Crippen molar-refractivity contribution in [2.45, 2.75) is 6.92 Å². The summed E-state index contributed by atoms with van der Waals surface area (Å²) in [6.45, 7) is 2.56. The van der Waals surface area contributed by atoms with E-state index in [1.54, 1.807) is 37.1 Å². The van der Waals surface area contributed by atoms with Crippen molar-refractivity contribution in [1.29, 1.82) is 0 Å². The van der Waals surface area contributed by atoms with Gasteiger partial charge in [-0.2, -0.15) is 0 Å². The number of nitrogens with one attached hydrogen (secondary N) is 2. The predicted molar refractivity (Wildman–Crippen MR) is 133 cm³/mol. The van der Waals surface area contributed by atoms with Crippen molar-refractivity contribution in [3.8, 4) is 5.75 Å². The van der Waals surface area contributed by atoms with Crippen LogP contribution in [0.4, 0.5) is 21.6 Å². The van der Waals surface area contributed by atoms with Crippen LogP contribution in [0.25, 0.3) is 10.9 Å². The Morgan fingerprint density at radius 1 is 1.23 bits per heavy atom. The molecule has 0 unspecified atom stereocenters.